The van der Waals surface area contributed by atoms with Gasteiger partial charge in [0.15, 0.2) is 11.5 Å². The van der Waals surface area contributed by atoms with Gasteiger partial charge >= 0.3 is 5.97 Å². The molecule has 2 aromatic carbocycles. The first kappa shape index (κ1) is 17.9. The third kappa shape index (κ3) is 4.37. The molecule has 0 spiro atoms. The number of hydrogen-bond donors (Lipinski definition) is 1. The molecule has 3 aromatic rings. The third-order valence-corrected chi connectivity index (χ3v) is 4.54. The summed E-state index contributed by atoms with van der Waals surface area (Å²) >= 11 is 1.37. The van der Waals surface area contributed by atoms with Gasteiger partial charge in [-0.05, 0) is 35.9 Å². The number of benzene rings is 2. The zero-order chi connectivity index (χ0) is 18.5. The van der Waals surface area contributed by atoms with E-state index in [1.165, 1.54) is 23.5 Å². The predicted octanol–water partition coefficient (Wildman–Crippen LogP) is 4.16. The molecule has 0 bridgehead atoms. The van der Waals surface area contributed by atoms with Crippen molar-refractivity contribution in [1.82, 2.24) is 4.98 Å². The van der Waals surface area contributed by atoms with Gasteiger partial charge in [0.05, 0.1) is 19.2 Å². The number of aromatic nitrogens is 1. The van der Waals surface area contributed by atoms with Crippen LogP contribution in [0.3, 0.4) is 0 Å². The van der Waals surface area contributed by atoms with Crippen LogP contribution >= 0.6 is 11.3 Å². The largest absolute Gasteiger partial charge is 0.493 e. The Balaban J connectivity index is 1.80. The van der Waals surface area contributed by atoms with Gasteiger partial charge in [-0.3, -0.25) is 4.79 Å². The molecule has 0 amide bonds. The molecule has 26 heavy (non-hydrogen) atoms. The zero-order valence-corrected chi connectivity index (χ0v) is 14.8. The van der Waals surface area contributed by atoms with Crippen LogP contribution in [-0.2, 0) is 17.8 Å². The molecule has 0 atom stereocenters. The summed E-state index contributed by atoms with van der Waals surface area (Å²) in [5.41, 5.74) is 2.15. The Hall–Kier alpha value is -2.93. The number of nitrogens with zero attached hydrogens (tertiary/aromatic N) is 1. The highest BCUT2D eigenvalue weighted by molar-refractivity contribution is 7.13. The van der Waals surface area contributed by atoms with Crippen LogP contribution in [0.4, 0.5) is 4.39 Å². The fraction of sp³-hybridized carbons (Fsp3) is 0.158. The van der Waals surface area contributed by atoms with Gasteiger partial charge in [-0.1, -0.05) is 12.1 Å². The monoisotopic (exact) mass is 373 g/mol. The Morgan fingerprint density at radius 1 is 1.19 bits per heavy atom. The number of carboxylic acids is 1. The van der Waals surface area contributed by atoms with Crippen molar-refractivity contribution >= 4 is 17.3 Å². The average molecular weight is 373 g/mol. The van der Waals surface area contributed by atoms with Gasteiger partial charge in [0.25, 0.3) is 0 Å². The number of thiazole rings is 1. The molecule has 0 unspecified atom stereocenters. The molecule has 0 fully saturated rings. The first-order valence-electron chi connectivity index (χ1n) is 7.77. The average Bonchev–Trinajstić information content (AvgIpc) is 3.08. The van der Waals surface area contributed by atoms with Crippen LogP contribution in [0, 0.1) is 5.82 Å². The fourth-order valence-electron chi connectivity index (χ4n) is 2.34. The van der Waals surface area contributed by atoms with E-state index in [1.54, 1.807) is 36.8 Å². The Labute approximate surface area is 153 Å². The van der Waals surface area contributed by atoms with Gasteiger partial charge in [0, 0.05) is 10.9 Å². The molecule has 0 radical (unpaired) electrons. The van der Waals surface area contributed by atoms with Crippen molar-refractivity contribution in [1.29, 1.82) is 0 Å². The highest BCUT2D eigenvalue weighted by Gasteiger charge is 2.12. The van der Waals surface area contributed by atoms with E-state index in [9.17, 15) is 9.18 Å². The minimum absolute atomic E-state index is 0.111. The van der Waals surface area contributed by atoms with E-state index in [0.29, 0.717) is 22.2 Å². The maximum absolute atomic E-state index is 13.0. The second kappa shape index (κ2) is 7.97. The smallest absolute Gasteiger partial charge is 0.309 e. The van der Waals surface area contributed by atoms with Crippen LogP contribution in [0.25, 0.3) is 10.6 Å². The molecule has 1 aromatic heterocycles. The molecule has 3 rings (SSSR count). The molecule has 0 aliphatic heterocycles. The lowest BCUT2D eigenvalue weighted by atomic mass is 10.2. The molecule has 0 saturated carbocycles. The summed E-state index contributed by atoms with van der Waals surface area (Å²) in [7, 11) is 1.55. The molecule has 0 saturated heterocycles. The summed E-state index contributed by atoms with van der Waals surface area (Å²) in [6.07, 6.45) is -0.111. The lowest BCUT2D eigenvalue weighted by molar-refractivity contribution is -0.136. The summed E-state index contributed by atoms with van der Waals surface area (Å²) < 4.78 is 24.1. The second-order valence-corrected chi connectivity index (χ2v) is 6.35. The Morgan fingerprint density at radius 2 is 1.96 bits per heavy atom. The summed E-state index contributed by atoms with van der Waals surface area (Å²) in [6, 6.07) is 11.5. The van der Waals surface area contributed by atoms with E-state index in [-0.39, 0.29) is 18.8 Å². The standard InChI is InChI=1S/C19H16FNO4S/c1-24-16-7-4-13(19-21-15(11-26-19)9-18(22)23)8-17(16)25-10-12-2-5-14(20)6-3-12/h2-8,11H,9-10H2,1H3,(H,22,23). The number of carbonyl (C=O) groups is 1. The van der Waals surface area contributed by atoms with Gasteiger partial charge in [-0.25, -0.2) is 9.37 Å². The van der Waals surface area contributed by atoms with Crippen LogP contribution in [0.1, 0.15) is 11.3 Å². The van der Waals surface area contributed by atoms with Gasteiger partial charge in [0.1, 0.15) is 17.4 Å². The number of halogens is 1. The first-order chi connectivity index (χ1) is 12.5. The van der Waals surface area contributed by atoms with Crippen LogP contribution in [0.2, 0.25) is 0 Å². The minimum Gasteiger partial charge on any atom is -0.493 e. The van der Waals surface area contributed by atoms with Crippen LogP contribution in [0.15, 0.2) is 47.8 Å². The number of carboxylic acid groups (broad SMARTS) is 1. The normalized spacial score (nSPS) is 10.5. The third-order valence-electron chi connectivity index (χ3n) is 3.60. The molecular weight excluding hydrogens is 357 g/mol. The Kier molecular flexibility index (Phi) is 5.48. The van der Waals surface area contributed by atoms with Gasteiger partial charge in [-0.15, -0.1) is 11.3 Å². The molecule has 0 aliphatic carbocycles. The Morgan fingerprint density at radius 3 is 2.65 bits per heavy atom. The Bertz CT molecular complexity index is 908. The molecule has 0 aliphatic rings. The van der Waals surface area contributed by atoms with Crippen LogP contribution in [-0.4, -0.2) is 23.2 Å². The quantitative estimate of drug-likeness (QED) is 0.673. The number of aliphatic carboxylic acids is 1. The van der Waals surface area contributed by atoms with Crippen LogP contribution < -0.4 is 9.47 Å². The van der Waals surface area contributed by atoms with E-state index in [4.69, 9.17) is 14.6 Å². The number of hydrogen-bond acceptors (Lipinski definition) is 5. The zero-order valence-electron chi connectivity index (χ0n) is 13.9. The topological polar surface area (TPSA) is 68.7 Å². The molecule has 5 nitrogen and oxygen atoms in total. The summed E-state index contributed by atoms with van der Waals surface area (Å²) in [5.74, 6) is -0.114. The van der Waals surface area contributed by atoms with E-state index in [1.807, 2.05) is 6.07 Å². The highest BCUT2D eigenvalue weighted by Crippen LogP contribution is 2.34. The minimum atomic E-state index is -0.917. The van der Waals surface area contributed by atoms with Crippen molar-refractivity contribution in [3.63, 3.8) is 0 Å². The second-order valence-electron chi connectivity index (χ2n) is 5.50. The molecular formula is C19H16FNO4S. The SMILES string of the molecule is COc1ccc(-c2nc(CC(=O)O)cs2)cc1OCc1ccc(F)cc1. The summed E-state index contributed by atoms with van der Waals surface area (Å²) in [4.78, 5) is 15.1. The summed E-state index contributed by atoms with van der Waals surface area (Å²) in [6.45, 7) is 0.266. The van der Waals surface area contributed by atoms with Crippen molar-refractivity contribution in [2.24, 2.45) is 0 Å². The number of methoxy groups -OCH3 is 1. The highest BCUT2D eigenvalue weighted by atomic mass is 32.1. The van der Waals surface area contributed by atoms with Crippen molar-refractivity contribution in [3.05, 3.63) is 64.9 Å². The lowest BCUT2D eigenvalue weighted by Crippen LogP contribution is -2.00. The van der Waals surface area contributed by atoms with Crippen molar-refractivity contribution in [3.8, 4) is 22.1 Å². The predicted molar refractivity (Wildman–Crippen MR) is 96.2 cm³/mol. The molecule has 7 heteroatoms. The van der Waals surface area contributed by atoms with E-state index in [2.05, 4.69) is 4.98 Å². The van der Waals surface area contributed by atoms with Crippen molar-refractivity contribution < 1.29 is 23.8 Å². The van der Waals surface area contributed by atoms with E-state index < -0.39 is 5.97 Å². The maximum atomic E-state index is 13.0. The van der Waals surface area contributed by atoms with Gasteiger partial charge in [-0.2, -0.15) is 0 Å². The van der Waals surface area contributed by atoms with Crippen LogP contribution in [0.5, 0.6) is 11.5 Å². The maximum Gasteiger partial charge on any atom is 0.309 e. The molecule has 134 valence electrons. The number of ether oxygens (including phenoxy) is 2. The van der Waals surface area contributed by atoms with Gasteiger partial charge < -0.3 is 14.6 Å². The van der Waals surface area contributed by atoms with E-state index in [0.717, 1.165) is 11.1 Å². The van der Waals surface area contributed by atoms with Crippen molar-refractivity contribution in [2.75, 3.05) is 7.11 Å². The molecule has 1 N–H and O–H groups in total. The van der Waals surface area contributed by atoms with E-state index >= 15 is 0 Å². The summed E-state index contributed by atoms with van der Waals surface area (Å²) in [5, 5.41) is 11.3. The lowest BCUT2D eigenvalue weighted by Gasteiger charge is -2.12. The van der Waals surface area contributed by atoms with Gasteiger partial charge in [0.2, 0.25) is 0 Å². The van der Waals surface area contributed by atoms with Crippen molar-refractivity contribution in [2.45, 2.75) is 13.0 Å². The fourth-order valence-corrected chi connectivity index (χ4v) is 3.16. The number of rotatable bonds is 7. The first-order valence-corrected chi connectivity index (χ1v) is 8.65. The molecule has 1 heterocycles.